The molecule has 0 radical (unpaired) electrons. The molecule has 0 atom stereocenters. The Bertz CT molecular complexity index is 1330. The second-order valence-electron chi connectivity index (χ2n) is 6.92. The van der Waals surface area contributed by atoms with Gasteiger partial charge in [0.05, 0.1) is 22.7 Å². The highest BCUT2D eigenvalue weighted by Crippen LogP contribution is 2.26. The molecule has 0 heterocycles. The van der Waals surface area contributed by atoms with Gasteiger partial charge >= 0.3 is 0 Å². The molecule has 0 aliphatic heterocycles. The lowest BCUT2D eigenvalue weighted by Crippen LogP contribution is -2.39. The van der Waals surface area contributed by atoms with Crippen molar-refractivity contribution in [2.24, 2.45) is 5.10 Å². The maximum Gasteiger partial charge on any atom is 0.255 e. The monoisotopic (exact) mass is 577 g/mol. The van der Waals surface area contributed by atoms with Crippen LogP contribution in [0.2, 0.25) is 25.1 Å². The summed E-state index contributed by atoms with van der Waals surface area (Å²) in [6.07, 6.45) is 1.32. The van der Waals surface area contributed by atoms with E-state index in [1.807, 2.05) is 0 Å². The van der Waals surface area contributed by atoms with E-state index < -0.39 is 22.5 Å². The van der Waals surface area contributed by atoms with Gasteiger partial charge < -0.3 is 0 Å². The summed E-state index contributed by atoms with van der Waals surface area (Å²) in [7, 11) is -4.09. The van der Waals surface area contributed by atoms with Crippen LogP contribution < -0.4 is 5.43 Å². The van der Waals surface area contributed by atoms with Crippen LogP contribution in [0.3, 0.4) is 0 Å². The summed E-state index contributed by atoms with van der Waals surface area (Å²) < 4.78 is 27.6. The summed E-state index contributed by atoms with van der Waals surface area (Å²) in [5.74, 6) is -0.677. The van der Waals surface area contributed by atoms with Gasteiger partial charge in [-0.05, 0) is 54.1 Å². The maximum atomic E-state index is 13.3. The van der Waals surface area contributed by atoms with Crippen molar-refractivity contribution >= 4 is 80.1 Å². The number of carbonyl (C=O) groups is 1. The first-order chi connectivity index (χ1) is 16.1. The number of rotatable bonds is 8. The lowest BCUT2D eigenvalue weighted by Gasteiger charge is -2.22. The van der Waals surface area contributed by atoms with Gasteiger partial charge in [-0.15, -0.1) is 0 Å². The Balaban J connectivity index is 1.83. The van der Waals surface area contributed by atoms with E-state index >= 15 is 0 Å². The highest BCUT2D eigenvalue weighted by Gasteiger charge is 2.27. The van der Waals surface area contributed by atoms with Gasteiger partial charge in [0, 0.05) is 32.2 Å². The van der Waals surface area contributed by atoms with E-state index in [2.05, 4.69) is 10.5 Å². The molecule has 0 spiro atoms. The van der Waals surface area contributed by atoms with Gasteiger partial charge in [0.25, 0.3) is 5.91 Å². The Hall–Kier alpha value is -1.84. The van der Waals surface area contributed by atoms with Crippen LogP contribution in [0.1, 0.15) is 11.1 Å². The molecule has 3 aromatic carbocycles. The molecule has 0 aromatic heterocycles. The molecular weight excluding hydrogens is 564 g/mol. The minimum Gasteiger partial charge on any atom is -0.272 e. The third-order valence-electron chi connectivity index (χ3n) is 4.49. The topological polar surface area (TPSA) is 78.8 Å². The molecule has 0 fully saturated rings. The molecule has 1 N–H and O–H groups in total. The first kappa shape index (κ1) is 26.8. The normalized spacial score (nSPS) is 11.8. The molecule has 0 bridgehead atoms. The average molecular weight is 580 g/mol. The van der Waals surface area contributed by atoms with Crippen molar-refractivity contribution < 1.29 is 13.2 Å². The SMILES string of the molecule is O=C(CN(Cc1ccc(Cl)cc1Cl)S(=O)(=O)c1ccc(Cl)cc1)N/N=C\c1ccc(Cl)cc1Cl. The van der Waals surface area contributed by atoms with E-state index in [0.717, 1.165) is 4.31 Å². The van der Waals surface area contributed by atoms with Crippen molar-refractivity contribution in [3.63, 3.8) is 0 Å². The molecule has 6 nitrogen and oxygen atoms in total. The quantitative estimate of drug-likeness (QED) is 0.252. The minimum absolute atomic E-state index is 0.0359. The zero-order valence-corrected chi connectivity index (χ0v) is 21.8. The fourth-order valence-corrected chi connectivity index (χ4v) is 5.22. The number of halogens is 5. The third-order valence-corrected chi connectivity index (χ3v) is 7.70. The van der Waals surface area contributed by atoms with Crippen LogP contribution in [-0.2, 0) is 21.4 Å². The molecule has 0 saturated heterocycles. The second kappa shape index (κ2) is 11.7. The lowest BCUT2D eigenvalue weighted by atomic mass is 10.2. The number of hydrazone groups is 1. The molecule has 178 valence electrons. The largest absolute Gasteiger partial charge is 0.272 e. The Labute approximate surface area is 222 Å². The number of nitrogens with one attached hydrogen (secondary N) is 1. The van der Waals surface area contributed by atoms with Crippen LogP contribution in [0.5, 0.6) is 0 Å². The van der Waals surface area contributed by atoms with Gasteiger partial charge in [0.2, 0.25) is 10.0 Å². The summed E-state index contributed by atoms with van der Waals surface area (Å²) in [4.78, 5) is 12.5. The predicted octanol–water partition coefficient (Wildman–Crippen LogP) is 6.29. The molecule has 12 heteroatoms. The van der Waals surface area contributed by atoms with E-state index in [9.17, 15) is 13.2 Å². The number of amides is 1. The standard InChI is InChI=1S/C22H16Cl5N3O3S/c23-16-5-7-19(8-6-16)34(32,33)30(12-15-2-4-18(25)10-21(15)27)13-22(31)29-28-11-14-1-3-17(24)9-20(14)26/h1-11H,12-13H2,(H,29,31)/b28-11-. The highest BCUT2D eigenvalue weighted by molar-refractivity contribution is 7.89. The molecule has 1 amide bonds. The highest BCUT2D eigenvalue weighted by atomic mass is 35.5. The van der Waals surface area contributed by atoms with Crippen molar-refractivity contribution in [2.75, 3.05) is 6.54 Å². The van der Waals surface area contributed by atoms with Gasteiger partial charge in [-0.25, -0.2) is 13.8 Å². The van der Waals surface area contributed by atoms with E-state index in [4.69, 9.17) is 58.0 Å². The minimum atomic E-state index is -4.09. The van der Waals surface area contributed by atoms with Gasteiger partial charge in [0.15, 0.2) is 0 Å². The Morgan fingerprint density at radius 3 is 2.06 bits per heavy atom. The van der Waals surface area contributed by atoms with Crippen LogP contribution in [0.4, 0.5) is 0 Å². The van der Waals surface area contributed by atoms with Crippen LogP contribution in [0.15, 0.2) is 70.7 Å². The number of hydrogen-bond donors (Lipinski definition) is 1. The second-order valence-corrected chi connectivity index (χ2v) is 11.0. The van der Waals surface area contributed by atoms with Crippen molar-refractivity contribution in [2.45, 2.75) is 11.4 Å². The Morgan fingerprint density at radius 2 is 1.44 bits per heavy atom. The maximum absolute atomic E-state index is 13.3. The summed E-state index contributed by atoms with van der Waals surface area (Å²) in [6.45, 7) is -0.712. The van der Waals surface area contributed by atoms with E-state index in [0.29, 0.717) is 31.2 Å². The zero-order valence-electron chi connectivity index (χ0n) is 17.2. The predicted molar refractivity (Wildman–Crippen MR) is 138 cm³/mol. The summed E-state index contributed by atoms with van der Waals surface area (Å²) in [6, 6.07) is 15.0. The lowest BCUT2D eigenvalue weighted by molar-refractivity contribution is -0.121. The van der Waals surface area contributed by atoms with Crippen molar-refractivity contribution in [1.29, 1.82) is 0 Å². The fraction of sp³-hybridized carbons (Fsp3) is 0.0909. The number of hydrogen-bond acceptors (Lipinski definition) is 4. The fourth-order valence-electron chi connectivity index (χ4n) is 2.80. The Kier molecular flexibility index (Phi) is 9.23. The van der Waals surface area contributed by atoms with E-state index in [1.165, 1.54) is 42.6 Å². The third kappa shape index (κ3) is 7.09. The van der Waals surface area contributed by atoms with Crippen LogP contribution in [-0.4, -0.2) is 31.4 Å². The molecule has 3 rings (SSSR count). The number of carbonyl (C=O) groups excluding carboxylic acids is 1. The molecule has 0 aliphatic rings. The zero-order chi connectivity index (χ0) is 24.9. The molecule has 0 unspecified atom stereocenters. The molecule has 3 aromatic rings. The molecule has 0 saturated carbocycles. The van der Waals surface area contributed by atoms with Crippen LogP contribution in [0, 0.1) is 0 Å². The van der Waals surface area contributed by atoms with Gasteiger partial charge in [-0.3, -0.25) is 4.79 Å². The molecule has 34 heavy (non-hydrogen) atoms. The molecule has 0 aliphatic carbocycles. The van der Waals surface area contributed by atoms with Crippen molar-refractivity contribution in [3.8, 4) is 0 Å². The van der Waals surface area contributed by atoms with E-state index in [-0.39, 0.29) is 16.5 Å². The first-order valence-corrected chi connectivity index (χ1v) is 12.9. The smallest absolute Gasteiger partial charge is 0.255 e. The van der Waals surface area contributed by atoms with Crippen molar-refractivity contribution in [3.05, 3.63) is 96.9 Å². The van der Waals surface area contributed by atoms with Gasteiger partial charge in [-0.1, -0.05) is 70.1 Å². The Morgan fingerprint density at radius 1 is 0.853 bits per heavy atom. The molecular formula is C22H16Cl5N3O3S. The van der Waals surface area contributed by atoms with E-state index in [1.54, 1.807) is 24.3 Å². The van der Waals surface area contributed by atoms with Crippen LogP contribution in [0.25, 0.3) is 0 Å². The summed E-state index contributed by atoms with van der Waals surface area (Å²) in [5, 5.41) is 5.68. The van der Waals surface area contributed by atoms with Crippen molar-refractivity contribution in [1.82, 2.24) is 9.73 Å². The number of benzene rings is 3. The number of sulfonamides is 1. The van der Waals surface area contributed by atoms with Gasteiger partial charge in [-0.2, -0.15) is 9.41 Å². The van der Waals surface area contributed by atoms with Gasteiger partial charge in [0.1, 0.15) is 0 Å². The summed E-state index contributed by atoms with van der Waals surface area (Å²) >= 11 is 30.0. The first-order valence-electron chi connectivity index (χ1n) is 9.53. The number of nitrogens with zero attached hydrogens (tertiary/aromatic N) is 2. The summed E-state index contributed by atoms with van der Waals surface area (Å²) in [5.41, 5.74) is 3.29. The van der Waals surface area contributed by atoms with Crippen LogP contribution >= 0.6 is 58.0 Å². The average Bonchev–Trinajstić information content (AvgIpc) is 2.77.